The Morgan fingerprint density at radius 1 is 1.23 bits per heavy atom. The molecule has 1 N–H and O–H groups in total. The normalized spacial score (nSPS) is 12.0. The number of nitrogens with one attached hydrogen (secondary N) is 1. The van der Waals surface area contributed by atoms with Crippen LogP contribution in [0.3, 0.4) is 0 Å². The van der Waals surface area contributed by atoms with Gasteiger partial charge in [0.15, 0.2) is 11.7 Å². The first-order valence-corrected chi connectivity index (χ1v) is 10.2. The molecule has 1 heterocycles. The lowest BCUT2D eigenvalue weighted by Crippen LogP contribution is -2.37. The number of methoxy groups -OCH3 is 1. The summed E-state index contributed by atoms with van der Waals surface area (Å²) in [4.78, 5) is 35.0. The summed E-state index contributed by atoms with van der Waals surface area (Å²) in [5, 5.41) is 12.7. The standard InChI is InChI=1S/C22H29N5O4/c1-6-27(21(29)31-22(2,3)4)13-9-12-24-19-18(15(14-23)20(28)30-5)25-16-10-7-8-11-17(16)26-19/h7-8,10-11,15H,6,9,12-13H2,1-5H3,(H,24,26)/t15-/m1/s1. The second-order valence-corrected chi connectivity index (χ2v) is 7.87. The first-order valence-electron chi connectivity index (χ1n) is 10.2. The molecule has 9 heteroatoms. The number of carbonyl (C=O) groups is 2. The van der Waals surface area contributed by atoms with E-state index in [4.69, 9.17) is 9.47 Å². The highest BCUT2D eigenvalue weighted by Gasteiger charge is 2.27. The average molecular weight is 428 g/mol. The lowest BCUT2D eigenvalue weighted by molar-refractivity contribution is -0.141. The van der Waals surface area contributed by atoms with Crippen molar-refractivity contribution >= 4 is 28.9 Å². The SMILES string of the molecule is CCN(CCCNc1nc2ccccc2nc1[C@@H](C#N)C(=O)OC)C(=O)OC(C)(C)C. The molecule has 0 spiro atoms. The van der Waals surface area contributed by atoms with E-state index in [1.807, 2.05) is 45.9 Å². The molecule has 166 valence electrons. The molecule has 1 amide bonds. The number of nitriles is 1. The number of para-hydroxylation sites is 2. The van der Waals surface area contributed by atoms with Gasteiger partial charge in [0.05, 0.1) is 24.2 Å². The monoisotopic (exact) mass is 427 g/mol. The highest BCUT2D eigenvalue weighted by Crippen LogP contribution is 2.25. The van der Waals surface area contributed by atoms with Crippen LogP contribution < -0.4 is 5.32 Å². The van der Waals surface area contributed by atoms with Gasteiger partial charge in [-0.25, -0.2) is 14.8 Å². The van der Waals surface area contributed by atoms with E-state index in [2.05, 4.69) is 15.3 Å². The smallest absolute Gasteiger partial charge is 0.410 e. The number of nitrogens with zero attached hydrogens (tertiary/aromatic N) is 4. The van der Waals surface area contributed by atoms with Gasteiger partial charge in [0.1, 0.15) is 11.3 Å². The molecule has 1 atom stereocenters. The van der Waals surface area contributed by atoms with Crippen molar-refractivity contribution in [3.05, 3.63) is 30.0 Å². The number of hydrogen-bond donors (Lipinski definition) is 1. The third-order valence-corrected chi connectivity index (χ3v) is 4.37. The van der Waals surface area contributed by atoms with Gasteiger partial charge in [0.25, 0.3) is 0 Å². The number of anilines is 1. The van der Waals surface area contributed by atoms with E-state index < -0.39 is 17.5 Å². The van der Waals surface area contributed by atoms with Gasteiger partial charge < -0.3 is 19.7 Å². The molecule has 0 aliphatic heterocycles. The summed E-state index contributed by atoms with van der Waals surface area (Å²) in [7, 11) is 1.23. The van der Waals surface area contributed by atoms with Crippen LogP contribution in [-0.4, -0.2) is 59.3 Å². The zero-order valence-electron chi connectivity index (χ0n) is 18.6. The molecule has 31 heavy (non-hydrogen) atoms. The maximum atomic E-state index is 12.3. The lowest BCUT2D eigenvalue weighted by Gasteiger charge is -2.26. The quantitative estimate of drug-likeness (QED) is 0.503. The summed E-state index contributed by atoms with van der Waals surface area (Å²) in [6.07, 6.45) is 0.243. The molecule has 0 unspecified atom stereocenters. The summed E-state index contributed by atoms with van der Waals surface area (Å²) in [5.41, 5.74) is 0.875. The van der Waals surface area contributed by atoms with E-state index >= 15 is 0 Å². The predicted molar refractivity (Wildman–Crippen MR) is 116 cm³/mol. The van der Waals surface area contributed by atoms with Crippen molar-refractivity contribution in [2.24, 2.45) is 0 Å². The Kier molecular flexibility index (Phi) is 8.14. The Morgan fingerprint density at radius 2 is 1.87 bits per heavy atom. The average Bonchev–Trinajstić information content (AvgIpc) is 2.72. The minimum atomic E-state index is -1.20. The summed E-state index contributed by atoms with van der Waals surface area (Å²) in [6.45, 7) is 8.83. The van der Waals surface area contributed by atoms with Gasteiger partial charge in [0, 0.05) is 19.6 Å². The molecule has 0 fully saturated rings. The van der Waals surface area contributed by atoms with Gasteiger partial charge in [-0.05, 0) is 46.2 Å². The molecule has 1 aromatic heterocycles. The van der Waals surface area contributed by atoms with Crippen molar-refractivity contribution in [1.82, 2.24) is 14.9 Å². The molecule has 2 rings (SSSR count). The van der Waals surface area contributed by atoms with E-state index in [-0.39, 0.29) is 11.8 Å². The molecule has 9 nitrogen and oxygen atoms in total. The molecule has 0 bridgehead atoms. The number of benzene rings is 1. The van der Waals surface area contributed by atoms with E-state index in [1.165, 1.54) is 7.11 Å². The molecule has 2 aromatic rings. The second-order valence-electron chi connectivity index (χ2n) is 7.87. The van der Waals surface area contributed by atoms with Crippen molar-refractivity contribution < 1.29 is 19.1 Å². The van der Waals surface area contributed by atoms with Crippen molar-refractivity contribution in [2.45, 2.75) is 45.6 Å². The Hall–Kier alpha value is -3.41. The fourth-order valence-corrected chi connectivity index (χ4v) is 2.87. The highest BCUT2D eigenvalue weighted by atomic mass is 16.6. The molecule has 0 saturated heterocycles. The van der Waals surface area contributed by atoms with Crippen molar-refractivity contribution in [1.29, 1.82) is 5.26 Å². The summed E-state index contributed by atoms with van der Waals surface area (Å²) >= 11 is 0. The Morgan fingerprint density at radius 3 is 2.42 bits per heavy atom. The maximum Gasteiger partial charge on any atom is 0.410 e. The van der Waals surface area contributed by atoms with E-state index in [0.717, 1.165) is 0 Å². The predicted octanol–water partition coefficient (Wildman–Crippen LogP) is 3.47. The number of esters is 1. The zero-order chi connectivity index (χ0) is 23.0. The van der Waals surface area contributed by atoms with Gasteiger partial charge in [-0.1, -0.05) is 12.1 Å². The number of carbonyl (C=O) groups excluding carboxylic acids is 2. The molecule has 0 saturated carbocycles. The van der Waals surface area contributed by atoms with Crippen LogP contribution in [0.5, 0.6) is 0 Å². The first kappa shape index (κ1) is 23.9. The first-order chi connectivity index (χ1) is 14.7. The summed E-state index contributed by atoms with van der Waals surface area (Å²) in [6, 6.07) is 9.16. The maximum absolute atomic E-state index is 12.3. The Balaban J connectivity index is 2.15. The van der Waals surface area contributed by atoms with Crippen LogP contribution in [0.4, 0.5) is 10.6 Å². The second kappa shape index (κ2) is 10.6. The van der Waals surface area contributed by atoms with Crippen LogP contribution in [-0.2, 0) is 14.3 Å². The number of fused-ring (bicyclic) bond motifs is 1. The van der Waals surface area contributed by atoms with Gasteiger partial charge in [0.2, 0.25) is 0 Å². The van der Waals surface area contributed by atoms with Crippen LogP contribution >= 0.6 is 0 Å². The third kappa shape index (κ3) is 6.54. The molecule has 0 aliphatic carbocycles. The highest BCUT2D eigenvalue weighted by molar-refractivity contribution is 5.84. The van der Waals surface area contributed by atoms with Crippen LogP contribution in [0.25, 0.3) is 11.0 Å². The minimum Gasteiger partial charge on any atom is -0.468 e. The Labute approximate surface area is 182 Å². The van der Waals surface area contributed by atoms with E-state index in [1.54, 1.807) is 17.0 Å². The molecular formula is C22H29N5O4. The van der Waals surface area contributed by atoms with Gasteiger partial charge in [-0.15, -0.1) is 0 Å². The number of hydrogen-bond acceptors (Lipinski definition) is 8. The zero-order valence-corrected chi connectivity index (χ0v) is 18.6. The van der Waals surface area contributed by atoms with Crippen molar-refractivity contribution in [3.63, 3.8) is 0 Å². The van der Waals surface area contributed by atoms with E-state index in [9.17, 15) is 14.9 Å². The minimum absolute atomic E-state index is 0.215. The van der Waals surface area contributed by atoms with Gasteiger partial charge in [-0.2, -0.15) is 5.26 Å². The Bertz CT molecular complexity index is 965. The lowest BCUT2D eigenvalue weighted by atomic mass is 10.1. The number of amides is 1. The van der Waals surface area contributed by atoms with Crippen molar-refractivity contribution in [2.75, 3.05) is 32.1 Å². The number of aromatic nitrogens is 2. The van der Waals surface area contributed by atoms with Crippen LogP contribution in [0.2, 0.25) is 0 Å². The van der Waals surface area contributed by atoms with Gasteiger partial charge >= 0.3 is 12.1 Å². The largest absolute Gasteiger partial charge is 0.468 e. The van der Waals surface area contributed by atoms with Crippen LogP contribution in [0.1, 0.15) is 45.7 Å². The third-order valence-electron chi connectivity index (χ3n) is 4.37. The van der Waals surface area contributed by atoms with Gasteiger partial charge in [-0.3, -0.25) is 4.79 Å². The van der Waals surface area contributed by atoms with Crippen LogP contribution in [0.15, 0.2) is 24.3 Å². The summed E-state index contributed by atoms with van der Waals surface area (Å²) < 4.78 is 10.2. The molecular weight excluding hydrogens is 398 g/mol. The number of rotatable bonds is 8. The molecule has 0 radical (unpaired) electrons. The topological polar surface area (TPSA) is 117 Å². The van der Waals surface area contributed by atoms with Crippen molar-refractivity contribution in [3.8, 4) is 6.07 Å². The number of ether oxygens (including phenoxy) is 2. The molecule has 1 aromatic carbocycles. The fraction of sp³-hybridized carbons (Fsp3) is 0.500. The molecule has 0 aliphatic rings. The fourth-order valence-electron chi connectivity index (χ4n) is 2.87. The van der Waals surface area contributed by atoms with Crippen LogP contribution in [0, 0.1) is 11.3 Å². The van der Waals surface area contributed by atoms with E-state index in [0.29, 0.717) is 42.9 Å². The summed E-state index contributed by atoms with van der Waals surface area (Å²) in [5.74, 6) is -1.55.